The van der Waals surface area contributed by atoms with Gasteiger partial charge in [0.25, 0.3) is 0 Å². The molecular weight excluding hydrogens is 291 g/mol. The van der Waals surface area contributed by atoms with E-state index in [0.29, 0.717) is 0 Å². The molecule has 1 atom stereocenters. The van der Waals surface area contributed by atoms with Crippen molar-refractivity contribution in [2.75, 3.05) is 0 Å². The highest BCUT2D eigenvalue weighted by Gasteiger charge is 2.14. The van der Waals surface area contributed by atoms with Crippen LogP contribution in [0.4, 0.5) is 0 Å². The molecular formula is C17H14Cl2O. The maximum atomic E-state index is 6.47. The van der Waals surface area contributed by atoms with Crippen LogP contribution >= 0.6 is 23.2 Å². The van der Waals surface area contributed by atoms with Gasteiger partial charge in [-0.2, -0.15) is 0 Å². The highest BCUT2D eigenvalue weighted by molar-refractivity contribution is 6.30. The molecule has 0 saturated heterocycles. The molecule has 0 aliphatic rings. The molecule has 102 valence electrons. The van der Waals surface area contributed by atoms with Crippen LogP contribution in [0.3, 0.4) is 0 Å². The summed E-state index contributed by atoms with van der Waals surface area (Å²) in [6.07, 6.45) is 0.720. The second kappa shape index (κ2) is 5.51. The smallest absolute Gasteiger partial charge is 0.134 e. The number of furan rings is 1. The van der Waals surface area contributed by atoms with Crippen LogP contribution in [-0.2, 0) is 6.42 Å². The molecule has 1 nitrogen and oxygen atoms in total. The SMILES string of the molecule is Cc1ccc2oc(C(Cl)Cc3ccc(Cl)cc3)cc2c1. The molecule has 1 aromatic heterocycles. The largest absolute Gasteiger partial charge is 0.459 e. The number of hydrogen-bond acceptors (Lipinski definition) is 1. The number of rotatable bonds is 3. The Morgan fingerprint density at radius 1 is 1.05 bits per heavy atom. The van der Waals surface area contributed by atoms with Crippen molar-refractivity contribution < 1.29 is 4.42 Å². The lowest BCUT2D eigenvalue weighted by Gasteiger charge is -2.06. The van der Waals surface area contributed by atoms with Crippen LogP contribution in [0, 0.1) is 6.92 Å². The predicted molar refractivity (Wildman–Crippen MR) is 84.7 cm³/mol. The van der Waals surface area contributed by atoms with Gasteiger partial charge in [0, 0.05) is 10.4 Å². The number of halogens is 2. The third-order valence-electron chi connectivity index (χ3n) is 3.33. The molecule has 0 bridgehead atoms. The van der Waals surface area contributed by atoms with Crippen molar-refractivity contribution in [3.05, 3.63) is 70.4 Å². The van der Waals surface area contributed by atoms with E-state index in [4.69, 9.17) is 27.6 Å². The molecule has 3 heteroatoms. The average molecular weight is 305 g/mol. The first-order chi connectivity index (χ1) is 9.61. The lowest BCUT2D eigenvalue weighted by Crippen LogP contribution is -1.93. The minimum absolute atomic E-state index is 0.177. The van der Waals surface area contributed by atoms with E-state index in [1.54, 1.807) is 0 Å². The van der Waals surface area contributed by atoms with Crippen molar-refractivity contribution in [3.8, 4) is 0 Å². The van der Waals surface area contributed by atoms with Gasteiger partial charge in [-0.1, -0.05) is 35.4 Å². The molecule has 0 aliphatic heterocycles. The molecule has 3 aromatic rings. The third-order valence-corrected chi connectivity index (χ3v) is 3.95. The standard InChI is InChI=1S/C17H14Cl2O/c1-11-2-7-16-13(8-11)10-17(20-16)15(19)9-12-3-5-14(18)6-4-12/h2-8,10,15H,9H2,1H3. The first-order valence-electron chi connectivity index (χ1n) is 6.50. The Labute approximate surface area is 128 Å². The molecule has 0 spiro atoms. The van der Waals surface area contributed by atoms with Crippen LogP contribution < -0.4 is 0 Å². The van der Waals surface area contributed by atoms with Gasteiger partial charge in [0.15, 0.2) is 0 Å². The lowest BCUT2D eigenvalue weighted by molar-refractivity contribution is 0.540. The average Bonchev–Trinajstić information content (AvgIpc) is 2.84. The summed E-state index contributed by atoms with van der Waals surface area (Å²) in [4.78, 5) is 0. The second-order valence-electron chi connectivity index (χ2n) is 4.99. The Morgan fingerprint density at radius 2 is 1.80 bits per heavy atom. The summed E-state index contributed by atoms with van der Waals surface area (Å²) in [5, 5.41) is 1.66. The van der Waals surface area contributed by atoms with Crippen molar-refractivity contribution in [3.63, 3.8) is 0 Å². The minimum Gasteiger partial charge on any atom is -0.459 e. The van der Waals surface area contributed by atoms with Gasteiger partial charge in [0.2, 0.25) is 0 Å². The second-order valence-corrected chi connectivity index (χ2v) is 5.95. The van der Waals surface area contributed by atoms with E-state index in [-0.39, 0.29) is 5.38 Å². The van der Waals surface area contributed by atoms with Gasteiger partial charge >= 0.3 is 0 Å². The van der Waals surface area contributed by atoms with E-state index < -0.39 is 0 Å². The van der Waals surface area contributed by atoms with E-state index in [0.717, 1.165) is 33.7 Å². The summed E-state index contributed by atoms with van der Waals surface area (Å²) in [5.41, 5.74) is 3.24. The number of aryl methyl sites for hydroxylation is 1. The van der Waals surface area contributed by atoms with Crippen LogP contribution in [0.25, 0.3) is 11.0 Å². The lowest BCUT2D eigenvalue weighted by atomic mass is 10.1. The minimum atomic E-state index is -0.177. The molecule has 0 saturated carbocycles. The summed E-state index contributed by atoms with van der Waals surface area (Å²) in [6.45, 7) is 2.07. The number of fused-ring (bicyclic) bond motifs is 1. The van der Waals surface area contributed by atoms with Crippen LogP contribution in [-0.4, -0.2) is 0 Å². The molecule has 0 N–H and O–H groups in total. The van der Waals surface area contributed by atoms with Crippen molar-refractivity contribution in [2.24, 2.45) is 0 Å². The first-order valence-corrected chi connectivity index (χ1v) is 7.32. The molecule has 0 aliphatic carbocycles. The fourth-order valence-electron chi connectivity index (χ4n) is 2.27. The molecule has 1 unspecified atom stereocenters. The quantitative estimate of drug-likeness (QED) is 0.548. The Hall–Kier alpha value is -1.44. The van der Waals surface area contributed by atoms with Crippen molar-refractivity contribution >= 4 is 34.2 Å². The highest BCUT2D eigenvalue weighted by atomic mass is 35.5. The Morgan fingerprint density at radius 3 is 2.55 bits per heavy atom. The van der Waals surface area contributed by atoms with Gasteiger partial charge < -0.3 is 4.42 Å². The number of alkyl halides is 1. The highest BCUT2D eigenvalue weighted by Crippen LogP contribution is 2.31. The Balaban J connectivity index is 1.84. The molecule has 0 radical (unpaired) electrons. The van der Waals surface area contributed by atoms with Gasteiger partial charge in [-0.25, -0.2) is 0 Å². The van der Waals surface area contributed by atoms with E-state index in [2.05, 4.69) is 13.0 Å². The van der Waals surface area contributed by atoms with Gasteiger partial charge in [-0.15, -0.1) is 11.6 Å². The van der Waals surface area contributed by atoms with Gasteiger partial charge in [0.05, 0.1) is 5.38 Å². The van der Waals surface area contributed by atoms with Crippen LogP contribution in [0.5, 0.6) is 0 Å². The van der Waals surface area contributed by atoms with E-state index in [1.165, 1.54) is 5.56 Å². The zero-order valence-corrected chi connectivity index (χ0v) is 12.6. The molecule has 3 rings (SSSR count). The fourth-order valence-corrected chi connectivity index (χ4v) is 2.68. The first kappa shape index (κ1) is 13.5. The van der Waals surface area contributed by atoms with Crippen LogP contribution in [0.15, 0.2) is 52.9 Å². The van der Waals surface area contributed by atoms with E-state index >= 15 is 0 Å². The molecule has 20 heavy (non-hydrogen) atoms. The monoisotopic (exact) mass is 304 g/mol. The van der Waals surface area contributed by atoms with E-state index in [1.807, 2.05) is 42.5 Å². The predicted octanol–water partition coefficient (Wildman–Crippen LogP) is 5.92. The summed E-state index contributed by atoms with van der Waals surface area (Å²) >= 11 is 12.3. The molecule has 0 amide bonds. The molecule has 2 aromatic carbocycles. The van der Waals surface area contributed by atoms with Crippen LogP contribution in [0.2, 0.25) is 5.02 Å². The number of benzene rings is 2. The Bertz CT molecular complexity index is 728. The number of hydrogen-bond donors (Lipinski definition) is 0. The zero-order valence-electron chi connectivity index (χ0n) is 11.1. The maximum Gasteiger partial charge on any atom is 0.134 e. The van der Waals surface area contributed by atoms with Crippen molar-refractivity contribution in [1.29, 1.82) is 0 Å². The summed E-state index contributed by atoms with van der Waals surface area (Å²) in [6, 6.07) is 15.9. The van der Waals surface area contributed by atoms with Crippen molar-refractivity contribution in [2.45, 2.75) is 18.7 Å². The van der Waals surface area contributed by atoms with Crippen molar-refractivity contribution in [1.82, 2.24) is 0 Å². The zero-order chi connectivity index (χ0) is 14.1. The third kappa shape index (κ3) is 2.84. The normalized spacial score (nSPS) is 12.8. The fraction of sp³-hybridized carbons (Fsp3) is 0.176. The summed E-state index contributed by atoms with van der Waals surface area (Å²) < 4.78 is 5.82. The molecule has 0 fully saturated rings. The van der Waals surface area contributed by atoms with E-state index in [9.17, 15) is 0 Å². The summed E-state index contributed by atoms with van der Waals surface area (Å²) in [7, 11) is 0. The van der Waals surface area contributed by atoms with Gasteiger partial charge in [-0.05, 0) is 49.2 Å². The van der Waals surface area contributed by atoms with Gasteiger partial charge in [0.1, 0.15) is 11.3 Å². The topological polar surface area (TPSA) is 13.1 Å². The Kier molecular flexibility index (Phi) is 3.73. The van der Waals surface area contributed by atoms with Crippen LogP contribution in [0.1, 0.15) is 22.3 Å². The van der Waals surface area contributed by atoms with Gasteiger partial charge in [-0.3, -0.25) is 0 Å². The molecule has 1 heterocycles. The summed E-state index contributed by atoms with van der Waals surface area (Å²) in [5.74, 6) is 0.808. The maximum absolute atomic E-state index is 6.47.